The number of benzene rings is 3. The van der Waals surface area contributed by atoms with Crippen molar-refractivity contribution in [3.05, 3.63) is 115 Å². The minimum Gasteiger partial charge on any atom is -0.494 e. The number of carbonyl (C=O) groups excluding carboxylic acids is 1. The van der Waals surface area contributed by atoms with Crippen molar-refractivity contribution in [1.29, 1.82) is 0 Å². The van der Waals surface area contributed by atoms with Gasteiger partial charge in [0.2, 0.25) is 6.79 Å². The molecule has 2 aliphatic heterocycles. The topological polar surface area (TPSA) is 88.3 Å². The van der Waals surface area contributed by atoms with Gasteiger partial charge in [0, 0.05) is 5.56 Å². The molecule has 0 amide bonds. The lowest BCUT2D eigenvalue weighted by Gasteiger charge is -2.26. The highest BCUT2D eigenvalue weighted by Crippen LogP contribution is 2.40. The fourth-order valence-corrected chi connectivity index (χ4v) is 5.87. The summed E-state index contributed by atoms with van der Waals surface area (Å²) in [5, 5.41) is 0. The first-order valence-electron chi connectivity index (χ1n) is 13.5. The van der Waals surface area contributed by atoms with E-state index in [1.165, 1.54) is 11.3 Å². The molecule has 3 aromatic carbocycles. The van der Waals surface area contributed by atoms with Gasteiger partial charge in [-0.1, -0.05) is 66.8 Å². The van der Waals surface area contributed by atoms with E-state index in [2.05, 4.69) is 6.92 Å². The van der Waals surface area contributed by atoms with E-state index in [1.54, 1.807) is 17.6 Å². The van der Waals surface area contributed by atoms with Gasteiger partial charge in [0.1, 0.15) is 5.75 Å². The van der Waals surface area contributed by atoms with Gasteiger partial charge in [0.05, 0.1) is 35.1 Å². The van der Waals surface area contributed by atoms with Gasteiger partial charge < -0.3 is 18.9 Å². The Morgan fingerprint density at radius 3 is 2.59 bits per heavy atom. The molecule has 0 bridgehead atoms. The number of carbonyl (C=O) groups is 1. The zero-order chi connectivity index (χ0) is 28.3. The third-order valence-electron chi connectivity index (χ3n) is 6.74. The second-order valence-corrected chi connectivity index (χ2v) is 10.5. The molecule has 0 saturated heterocycles. The van der Waals surface area contributed by atoms with Crippen LogP contribution in [0.15, 0.2) is 88.2 Å². The minimum absolute atomic E-state index is 0.111. The third kappa shape index (κ3) is 5.16. The second kappa shape index (κ2) is 11.5. The van der Waals surface area contributed by atoms with Crippen molar-refractivity contribution in [3.8, 4) is 17.2 Å². The van der Waals surface area contributed by atoms with Crippen molar-refractivity contribution in [1.82, 2.24) is 4.57 Å². The van der Waals surface area contributed by atoms with E-state index in [4.69, 9.17) is 23.9 Å². The summed E-state index contributed by atoms with van der Waals surface area (Å²) < 4.78 is 24.4. The molecule has 1 aromatic heterocycles. The fraction of sp³-hybridized carbons (Fsp3) is 0.219. The van der Waals surface area contributed by atoms with Crippen LogP contribution in [0, 0.1) is 0 Å². The van der Waals surface area contributed by atoms with Gasteiger partial charge in [0.25, 0.3) is 5.56 Å². The van der Waals surface area contributed by atoms with Gasteiger partial charge in [-0.15, -0.1) is 0 Å². The lowest BCUT2D eigenvalue weighted by Crippen LogP contribution is -2.40. The number of ether oxygens (including phenoxy) is 4. The lowest BCUT2D eigenvalue weighted by molar-refractivity contribution is -0.138. The predicted octanol–water partition coefficient (Wildman–Crippen LogP) is 4.45. The maximum Gasteiger partial charge on any atom is 0.338 e. The molecule has 0 spiro atoms. The summed E-state index contributed by atoms with van der Waals surface area (Å²) in [6.45, 7) is 4.75. The Balaban J connectivity index is 1.56. The molecule has 41 heavy (non-hydrogen) atoms. The van der Waals surface area contributed by atoms with Crippen LogP contribution < -0.4 is 29.1 Å². The monoisotopic (exact) mass is 568 g/mol. The molecule has 2 aliphatic rings. The third-order valence-corrected chi connectivity index (χ3v) is 7.72. The van der Waals surface area contributed by atoms with Crippen LogP contribution in [0.1, 0.15) is 43.0 Å². The number of nitrogens with zero attached hydrogens (tertiary/aromatic N) is 2. The molecule has 3 heterocycles. The van der Waals surface area contributed by atoms with E-state index in [9.17, 15) is 9.59 Å². The molecule has 0 saturated carbocycles. The molecule has 9 heteroatoms. The highest BCUT2D eigenvalue weighted by molar-refractivity contribution is 7.07. The van der Waals surface area contributed by atoms with E-state index in [1.807, 2.05) is 72.8 Å². The molecule has 6 rings (SSSR count). The first kappa shape index (κ1) is 26.6. The van der Waals surface area contributed by atoms with Gasteiger partial charge >= 0.3 is 5.97 Å². The zero-order valence-electron chi connectivity index (χ0n) is 22.7. The predicted molar refractivity (Wildman–Crippen MR) is 156 cm³/mol. The molecule has 0 N–H and O–H groups in total. The van der Waals surface area contributed by atoms with E-state index in [-0.39, 0.29) is 24.5 Å². The summed E-state index contributed by atoms with van der Waals surface area (Å²) in [4.78, 5) is 33.0. The Labute approximate surface area is 240 Å². The van der Waals surface area contributed by atoms with Gasteiger partial charge in [-0.3, -0.25) is 9.36 Å². The Kier molecular flexibility index (Phi) is 7.43. The first-order chi connectivity index (χ1) is 20.1. The van der Waals surface area contributed by atoms with Crippen LogP contribution in [0.25, 0.3) is 11.8 Å². The number of aromatic nitrogens is 1. The van der Waals surface area contributed by atoms with Crippen molar-refractivity contribution in [2.45, 2.75) is 26.3 Å². The van der Waals surface area contributed by atoms with Crippen molar-refractivity contribution in [3.63, 3.8) is 0 Å². The Hall–Kier alpha value is -4.63. The standard InChI is InChI=1S/C32H28N2O6S/c1-3-16-38-23-13-10-20(11-14-23)17-26-30(35)34-29(22-12-15-24-25(18-22)40-19-39-24)27(31(36)37-4-2)28(33-32(34)41-26)21-8-6-5-7-9-21/h5-15,17-18,29H,3-4,16,19H2,1-2H3/b26-17-/t29-/m1/s1. The van der Waals surface area contributed by atoms with Crippen molar-refractivity contribution in [2.75, 3.05) is 20.0 Å². The number of fused-ring (bicyclic) bond motifs is 2. The van der Waals surface area contributed by atoms with Crippen LogP contribution >= 0.6 is 11.3 Å². The molecular weight excluding hydrogens is 540 g/mol. The van der Waals surface area contributed by atoms with Crippen LogP contribution in [0.5, 0.6) is 17.2 Å². The number of hydrogen-bond donors (Lipinski definition) is 0. The summed E-state index contributed by atoms with van der Waals surface area (Å²) in [6, 6.07) is 21.7. The van der Waals surface area contributed by atoms with Crippen LogP contribution in [0.2, 0.25) is 0 Å². The summed E-state index contributed by atoms with van der Waals surface area (Å²) in [7, 11) is 0. The molecule has 0 fully saturated rings. The highest BCUT2D eigenvalue weighted by Gasteiger charge is 2.36. The van der Waals surface area contributed by atoms with Crippen LogP contribution in [0.4, 0.5) is 0 Å². The largest absolute Gasteiger partial charge is 0.494 e. The Morgan fingerprint density at radius 1 is 1.05 bits per heavy atom. The lowest BCUT2D eigenvalue weighted by atomic mass is 9.93. The molecular formula is C32H28N2O6S. The van der Waals surface area contributed by atoms with E-state index >= 15 is 0 Å². The van der Waals surface area contributed by atoms with Crippen LogP contribution in [0.3, 0.4) is 0 Å². The van der Waals surface area contributed by atoms with Crippen molar-refractivity contribution in [2.24, 2.45) is 4.99 Å². The van der Waals surface area contributed by atoms with Gasteiger partial charge in [-0.2, -0.15) is 0 Å². The average molecular weight is 569 g/mol. The fourth-order valence-electron chi connectivity index (χ4n) is 4.87. The second-order valence-electron chi connectivity index (χ2n) is 9.46. The highest BCUT2D eigenvalue weighted by atomic mass is 32.1. The van der Waals surface area contributed by atoms with Crippen molar-refractivity contribution >= 4 is 29.1 Å². The van der Waals surface area contributed by atoms with Crippen LogP contribution in [-0.4, -0.2) is 30.5 Å². The first-order valence-corrected chi connectivity index (χ1v) is 14.3. The summed E-state index contributed by atoms with van der Waals surface area (Å²) in [5.41, 5.74) is 2.79. The smallest absolute Gasteiger partial charge is 0.338 e. The van der Waals surface area contributed by atoms with Crippen LogP contribution in [-0.2, 0) is 9.53 Å². The normalized spacial score (nSPS) is 15.9. The number of thiazole rings is 1. The zero-order valence-corrected chi connectivity index (χ0v) is 23.5. The van der Waals surface area contributed by atoms with E-state index < -0.39 is 12.0 Å². The number of rotatable bonds is 8. The summed E-state index contributed by atoms with van der Waals surface area (Å²) in [6.07, 6.45) is 2.76. The quantitative estimate of drug-likeness (QED) is 0.292. The summed E-state index contributed by atoms with van der Waals surface area (Å²) >= 11 is 1.28. The minimum atomic E-state index is -0.790. The van der Waals surface area contributed by atoms with E-state index in [0.717, 1.165) is 23.3 Å². The number of esters is 1. The molecule has 0 unspecified atom stereocenters. The summed E-state index contributed by atoms with van der Waals surface area (Å²) in [5.74, 6) is 1.41. The average Bonchev–Trinajstić information content (AvgIpc) is 3.60. The maximum atomic E-state index is 14.0. The van der Waals surface area contributed by atoms with Gasteiger partial charge in [-0.05, 0) is 54.8 Å². The van der Waals surface area contributed by atoms with E-state index in [0.29, 0.717) is 38.7 Å². The SMILES string of the molecule is CCCOc1ccc(/C=c2\sc3n(c2=O)[C@H](c2ccc4c(c2)OCO4)C(C(=O)OCC)=C(c2ccccc2)N=3)cc1. The molecule has 8 nitrogen and oxygen atoms in total. The number of hydrogen-bond acceptors (Lipinski definition) is 8. The molecule has 4 aromatic rings. The molecule has 208 valence electrons. The maximum absolute atomic E-state index is 14.0. The molecule has 1 atom stereocenters. The molecule has 0 aliphatic carbocycles. The van der Waals surface area contributed by atoms with Gasteiger partial charge in [-0.25, -0.2) is 9.79 Å². The molecule has 0 radical (unpaired) electrons. The Morgan fingerprint density at radius 2 is 1.83 bits per heavy atom. The van der Waals surface area contributed by atoms with Gasteiger partial charge in [0.15, 0.2) is 16.3 Å². The van der Waals surface area contributed by atoms with Crippen molar-refractivity contribution < 1.29 is 23.7 Å². The Bertz CT molecular complexity index is 1810.